The lowest BCUT2D eigenvalue weighted by atomic mass is 9.83. The first-order valence-electron chi connectivity index (χ1n) is 12.4. The number of methoxy groups -OCH3 is 1. The molecule has 3 aliphatic rings. The lowest BCUT2D eigenvalue weighted by Crippen LogP contribution is -2.43. The summed E-state index contributed by atoms with van der Waals surface area (Å²) in [5, 5.41) is 0.302. The molecule has 39 heavy (non-hydrogen) atoms. The molecule has 0 spiro atoms. The van der Waals surface area contributed by atoms with E-state index in [2.05, 4.69) is 0 Å². The van der Waals surface area contributed by atoms with Gasteiger partial charge in [-0.25, -0.2) is 4.90 Å². The largest absolute Gasteiger partial charge is 0.497 e. The van der Waals surface area contributed by atoms with Gasteiger partial charge in [0.05, 0.1) is 37.0 Å². The summed E-state index contributed by atoms with van der Waals surface area (Å²) in [6.45, 7) is 1.72. The van der Waals surface area contributed by atoms with E-state index in [4.69, 9.17) is 21.1 Å². The number of rotatable bonds is 5. The topological polar surface area (TPSA) is 98.2 Å². The van der Waals surface area contributed by atoms with Gasteiger partial charge in [0, 0.05) is 28.9 Å². The molecule has 6 rings (SSSR count). The summed E-state index contributed by atoms with van der Waals surface area (Å²) in [4.78, 5) is 57.3. The monoisotopic (exact) mass is 585 g/mol. The highest BCUT2D eigenvalue weighted by Gasteiger charge is 2.56. The van der Waals surface area contributed by atoms with Crippen LogP contribution in [0, 0.1) is 5.92 Å². The Labute approximate surface area is 237 Å². The number of hydrogen-bond donors (Lipinski definition) is 0. The molecule has 1 aromatic heterocycles. The number of anilines is 1. The summed E-state index contributed by atoms with van der Waals surface area (Å²) in [6, 6.07) is 13.9. The average Bonchev–Trinajstić information content (AvgIpc) is 3.40. The van der Waals surface area contributed by atoms with Crippen LogP contribution in [0.15, 0.2) is 58.4 Å². The molecule has 0 bridgehead atoms. The predicted octanol–water partition coefficient (Wildman–Crippen LogP) is 3.23. The van der Waals surface area contributed by atoms with E-state index in [1.807, 2.05) is 12.1 Å². The van der Waals surface area contributed by atoms with Gasteiger partial charge in [-0.1, -0.05) is 46.8 Å². The SMILES string of the molecule is COc1ccc([C@H]2c3sc(=O)n(CC(=O)N4CCOCC4)c3SC3C(=O)N(c4ccc(Cl)cc4)C(=O)C32)cc1. The number of morpholine rings is 1. The van der Waals surface area contributed by atoms with E-state index in [1.165, 1.54) is 21.2 Å². The molecule has 2 saturated heterocycles. The molecule has 3 amide bonds. The molecular formula is C27H24ClN3O6S2. The summed E-state index contributed by atoms with van der Waals surface area (Å²) in [7, 11) is 1.57. The fraction of sp³-hybridized carbons (Fsp3) is 0.333. The van der Waals surface area contributed by atoms with Crippen LogP contribution >= 0.6 is 34.7 Å². The first kappa shape index (κ1) is 26.1. The van der Waals surface area contributed by atoms with E-state index in [0.29, 0.717) is 52.7 Å². The third kappa shape index (κ3) is 4.57. The molecule has 0 aliphatic carbocycles. The van der Waals surface area contributed by atoms with E-state index < -0.39 is 17.1 Å². The number of nitrogens with zero attached hydrogens (tertiary/aromatic N) is 3. The smallest absolute Gasteiger partial charge is 0.308 e. The van der Waals surface area contributed by atoms with Gasteiger partial charge in [0.1, 0.15) is 17.5 Å². The second-order valence-corrected chi connectivity index (χ2v) is 12.0. The van der Waals surface area contributed by atoms with Gasteiger partial charge in [0.2, 0.25) is 17.7 Å². The maximum atomic E-state index is 13.9. The van der Waals surface area contributed by atoms with E-state index in [9.17, 15) is 19.2 Å². The molecule has 4 heterocycles. The molecule has 0 radical (unpaired) electrons. The van der Waals surface area contributed by atoms with Crippen LogP contribution in [0.2, 0.25) is 5.02 Å². The summed E-state index contributed by atoms with van der Waals surface area (Å²) in [5.74, 6) is -1.47. The van der Waals surface area contributed by atoms with Crippen molar-refractivity contribution < 1.29 is 23.9 Å². The third-order valence-electron chi connectivity index (χ3n) is 7.27. The minimum absolute atomic E-state index is 0.132. The number of amides is 3. The van der Waals surface area contributed by atoms with Crippen molar-refractivity contribution in [2.24, 2.45) is 5.92 Å². The summed E-state index contributed by atoms with van der Waals surface area (Å²) in [6.07, 6.45) is 0. The number of aromatic nitrogens is 1. The van der Waals surface area contributed by atoms with Crippen molar-refractivity contribution in [1.29, 1.82) is 0 Å². The van der Waals surface area contributed by atoms with E-state index in [1.54, 1.807) is 48.4 Å². The minimum Gasteiger partial charge on any atom is -0.497 e. The van der Waals surface area contributed by atoms with Gasteiger partial charge < -0.3 is 14.4 Å². The van der Waals surface area contributed by atoms with Gasteiger partial charge in [-0.15, -0.1) is 0 Å². The van der Waals surface area contributed by atoms with E-state index in [0.717, 1.165) is 16.9 Å². The van der Waals surface area contributed by atoms with Gasteiger partial charge in [0.25, 0.3) is 0 Å². The lowest BCUT2D eigenvalue weighted by Gasteiger charge is -2.31. The second-order valence-electron chi connectivity index (χ2n) is 9.42. The standard InChI is InChI=1S/C27H24ClN3O6S2/c1-36-18-8-2-15(3-9-18)20-21-22(25(34)31(24(21)33)17-6-4-16(28)5-7-17)38-26-23(20)39-27(35)30(26)14-19(32)29-10-12-37-13-11-29/h2-9,20-22H,10-14H2,1H3/t20-,21?,22?/m1/s1. The number of thioether (sulfide) groups is 1. The molecule has 2 aromatic carbocycles. The number of thiazole rings is 1. The summed E-state index contributed by atoms with van der Waals surface area (Å²) < 4.78 is 12.1. The Morgan fingerprint density at radius 1 is 1.03 bits per heavy atom. The summed E-state index contributed by atoms with van der Waals surface area (Å²) >= 11 is 8.27. The van der Waals surface area contributed by atoms with Crippen LogP contribution < -0.4 is 14.5 Å². The van der Waals surface area contributed by atoms with Crippen molar-refractivity contribution in [2.45, 2.75) is 22.7 Å². The zero-order valence-electron chi connectivity index (χ0n) is 20.9. The number of carbonyl (C=O) groups excluding carboxylic acids is 3. The maximum Gasteiger partial charge on any atom is 0.308 e. The second kappa shape index (κ2) is 10.5. The Hall–Kier alpha value is -3.12. The quantitative estimate of drug-likeness (QED) is 0.424. The molecular weight excluding hydrogens is 562 g/mol. The van der Waals surface area contributed by atoms with Crippen LogP contribution in [0.3, 0.4) is 0 Å². The first-order chi connectivity index (χ1) is 18.9. The number of hydrogen-bond acceptors (Lipinski definition) is 8. The Morgan fingerprint density at radius 2 is 1.72 bits per heavy atom. The summed E-state index contributed by atoms with van der Waals surface area (Å²) in [5.41, 5.74) is 1.24. The molecule has 2 fully saturated rings. The first-order valence-corrected chi connectivity index (χ1v) is 14.5. The molecule has 3 atom stereocenters. The minimum atomic E-state index is -0.758. The molecule has 12 heteroatoms. The highest BCUT2D eigenvalue weighted by Crippen LogP contribution is 2.54. The normalized spacial score (nSPS) is 22.6. The van der Waals surface area contributed by atoms with Gasteiger partial charge in [-0.05, 0) is 42.0 Å². The Balaban J connectivity index is 1.43. The molecule has 3 aromatic rings. The molecule has 202 valence electrons. The highest BCUT2D eigenvalue weighted by atomic mass is 35.5. The highest BCUT2D eigenvalue weighted by molar-refractivity contribution is 8.00. The van der Waals surface area contributed by atoms with Crippen molar-refractivity contribution in [2.75, 3.05) is 38.3 Å². The van der Waals surface area contributed by atoms with Crippen LogP contribution in [-0.2, 0) is 25.7 Å². The average molecular weight is 586 g/mol. The number of carbonyl (C=O) groups is 3. The number of ether oxygens (including phenoxy) is 2. The molecule has 0 N–H and O–H groups in total. The predicted molar refractivity (Wildman–Crippen MR) is 148 cm³/mol. The molecule has 0 saturated carbocycles. The number of fused-ring (bicyclic) bond motifs is 2. The van der Waals surface area contributed by atoms with Crippen molar-refractivity contribution in [3.63, 3.8) is 0 Å². The Morgan fingerprint density at radius 3 is 2.38 bits per heavy atom. The molecule has 3 aliphatic heterocycles. The third-order valence-corrected chi connectivity index (χ3v) is 10.1. The van der Waals surface area contributed by atoms with Crippen LogP contribution in [0.5, 0.6) is 5.75 Å². The zero-order valence-corrected chi connectivity index (χ0v) is 23.3. The van der Waals surface area contributed by atoms with Gasteiger partial charge >= 0.3 is 4.87 Å². The fourth-order valence-electron chi connectivity index (χ4n) is 5.32. The van der Waals surface area contributed by atoms with Gasteiger partial charge in [-0.3, -0.25) is 23.7 Å². The Bertz CT molecular complexity index is 1500. The molecule has 2 unspecified atom stereocenters. The van der Waals surface area contributed by atoms with E-state index in [-0.39, 0.29) is 29.1 Å². The number of benzene rings is 2. The van der Waals surface area contributed by atoms with Gasteiger partial charge in [0.15, 0.2) is 0 Å². The van der Waals surface area contributed by atoms with Crippen LogP contribution in [0.4, 0.5) is 5.69 Å². The van der Waals surface area contributed by atoms with Gasteiger partial charge in [-0.2, -0.15) is 0 Å². The van der Waals surface area contributed by atoms with Crippen LogP contribution in [0.1, 0.15) is 16.4 Å². The fourth-order valence-corrected chi connectivity index (χ4v) is 8.22. The van der Waals surface area contributed by atoms with Crippen molar-refractivity contribution in [3.05, 3.63) is 73.7 Å². The number of halogens is 1. The van der Waals surface area contributed by atoms with Crippen LogP contribution in [-0.4, -0.2) is 65.9 Å². The lowest BCUT2D eigenvalue weighted by molar-refractivity contribution is -0.136. The zero-order chi connectivity index (χ0) is 27.3. The van der Waals surface area contributed by atoms with Crippen molar-refractivity contribution >= 4 is 58.1 Å². The number of imide groups is 1. The maximum absolute atomic E-state index is 13.9. The van der Waals surface area contributed by atoms with Crippen LogP contribution in [0.25, 0.3) is 0 Å². The Kier molecular flexibility index (Phi) is 7.00. The van der Waals surface area contributed by atoms with Crippen molar-refractivity contribution in [3.8, 4) is 5.75 Å². The van der Waals surface area contributed by atoms with E-state index >= 15 is 0 Å². The molecule has 9 nitrogen and oxygen atoms in total. The van der Waals surface area contributed by atoms with Crippen molar-refractivity contribution in [1.82, 2.24) is 9.47 Å².